The summed E-state index contributed by atoms with van der Waals surface area (Å²) in [5, 5.41) is 6.61. The highest BCUT2D eigenvalue weighted by atomic mass is 32.1. The van der Waals surface area contributed by atoms with Gasteiger partial charge in [0.25, 0.3) is 0 Å². The lowest BCUT2D eigenvalue weighted by Crippen LogP contribution is -2.39. The van der Waals surface area contributed by atoms with Gasteiger partial charge in [0.05, 0.1) is 5.69 Å². The normalized spacial score (nSPS) is 14.5. The number of guanidine groups is 1. The lowest BCUT2D eigenvalue weighted by molar-refractivity contribution is -0.0498. The van der Waals surface area contributed by atoms with Crippen molar-refractivity contribution in [2.24, 2.45) is 4.99 Å². The highest BCUT2D eigenvalue weighted by Gasteiger charge is 2.15. The van der Waals surface area contributed by atoms with E-state index in [1.807, 2.05) is 11.9 Å². The molecule has 1 aromatic carbocycles. The van der Waals surface area contributed by atoms with Gasteiger partial charge in [-0.25, -0.2) is 4.98 Å². The van der Waals surface area contributed by atoms with E-state index in [1.54, 1.807) is 42.6 Å². The molecule has 29 heavy (non-hydrogen) atoms. The quantitative estimate of drug-likeness (QED) is 0.519. The summed E-state index contributed by atoms with van der Waals surface area (Å²) in [6, 6.07) is 6.64. The number of aliphatic imine (C=N–C) groups is 1. The third-order valence-electron chi connectivity index (χ3n) is 4.72. The van der Waals surface area contributed by atoms with E-state index in [9.17, 15) is 8.78 Å². The number of thiazole rings is 1. The van der Waals surface area contributed by atoms with Crippen LogP contribution in [0.4, 0.5) is 13.9 Å². The zero-order chi connectivity index (χ0) is 20.6. The molecule has 0 unspecified atom stereocenters. The van der Waals surface area contributed by atoms with E-state index >= 15 is 0 Å². The first kappa shape index (κ1) is 21.3. The molecule has 1 aliphatic rings. The van der Waals surface area contributed by atoms with E-state index in [0.717, 1.165) is 48.4 Å². The number of hydrogen-bond acceptors (Lipinski definition) is 5. The Morgan fingerprint density at radius 1 is 1.31 bits per heavy atom. The van der Waals surface area contributed by atoms with E-state index in [0.29, 0.717) is 6.54 Å². The number of alkyl halides is 2. The van der Waals surface area contributed by atoms with Crippen molar-refractivity contribution in [3.63, 3.8) is 0 Å². The minimum Gasteiger partial charge on any atom is -0.435 e. The van der Waals surface area contributed by atoms with Gasteiger partial charge in [0.2, 0.25) is 0 Å². The third kappa shape index (κ3) is 6.28. The maximum Gasteiger partial charge on any atom is 0.387 e. The van der Waals surface area contributed by atoms with Crippen LogP contribution in [0.1, 0.15) is 24.1 Å². The first-order valence-corrected chi connectivity index (χ1v) is 10.6. The number of hydrogen-bond donors (Lipinski definition) is 1. The Morgan fingerprint density at radius 3 is 2.69 bits per heavy atom. The number of anilines is 1. The molecule has 1 aliphatic heterocycles. The van der Waals surface area contributed by atoms with Crippen molar-refractivity contribution in [3.8, 4) is 5.75 Å². The number of nitrogens with one attached hydrogen (secondary N) is 1. The Kier molecular flexibility index (Phi) is 7.62. The highest BCUT2D eigenvalue weighted by molar-refractivity contribution is 7.13. The fourth-order valence-electron chi connectivity index (χ4n) is 3.28. The van der Waals surface area contributed by atoms with Crippen LogP contribution in [0.3, 0.4) is 0 Å². The number of benzene rings is 1. The molecule has 0 bridgehead atoms. The van der Waals surface area contributed by atoms with Gasteiger partial charge in [0.1, 0.15) is 5.75 Å². The fraction of sp³-hybridized carbons (Fsp3) is 0.500. The second kappa shape index (κ2) is 10.4. The average Bonchev–Trinajstić information content (AvgIpc) is 3.38. The summed E-state index contributed by atoms with van der Waals surface area (Å²) in [6.45, 7) is 0.748. The summed E-state index contributed by atoms with van der Waals surface area (Å²) >= 11 is 1.71. The Bertz CT molecular complexity index is 790. The molecule has 3 rings (SSSR count). The number of rotatable bonds is 8. The average molecular weight is 424 g/mol. The monoisotopic (exact) mass is 423 g/mol. The summed E-state index contributed by atoms with van der Waals surface area (Å²) < 4.78 is 28.9. The molecule has 1 aromatic heterocycles. The van der Waals surface area contributed by atoms with E-state index in [-0.39, 0.29) is 5.75 Å². The highest BCUT2D eigenvalue weighted by Crippen LogP contribution is 2.24. The van der Waals surface area contributed by atoms with Gasteiger partial charge >= 0.3 is 6.61 Å². The Balaban J connectivity index is 1.45. The molecular formula is C20H27F2N5OS. The van der Waals surface area contributed by atoms with Crippen LogP contribution in [-0.2, 0) is 13.0 Å². The molecule has 0 radical (unpaired) electrons. The second-order valence-corrected chi connectivity index (χ2v) is 7.75. The topological polar surface area (TPSA) is 53.0 Å². The van der Waals surface area contributed by atoms with Gasteiger partial charge in [-0.3, -0.25) is 4.99 Å². The van der Waals surface area contributed by atoms with Crippen molar-refractivity contribution in [1.29, 1.82) is 0 Å². The molecular weight excluding hydrogens is 396 g/mol. The SMILES string of the molecule is CN=C(NCCc1csc(N2CCCC2)n1)N(C)Cc1ccc(OC(F)F)cc1. The van der Waals surface area contributed by atoms with Gasteiger partial charge in [-0.15, -0.1) is 11.3 Å². The molecule has 0 aliphatic carbocycles. The van der Waals surface area contributed by atoms with Crippen LogP contribution in [0, 0.1) is 0 Å². The van der Waals surface area contributed by atoms with Crippen molar-refractivity contribution in [2.75, 3.05) is 38.6 Å². The van der Waals surface area contributed by atoms with E-state index in [1.165, 1.54) is 12.8 Å². The van der Waals surface area contributed by atoms with Gasteiger partial charge in [0.15, 0.2) is 11.1 Å². The largest absolute Gasteiger partial charge is 0.435 e. The zero-order valence-corrected chi connectivity index (χ0v) is 17.6. The number of halogens is 2. The van der Waals surface area contributed by atoms with Gasteiger partial charge in [-0.1, -0.05) is 12.1 Å². The molecule has 9 heteroatoms. The number of aromatic nitrogens is 1. The summed E-state index contributed by atoms with van der Waals surface area (Å²) in [4.78, 5) is 13.4. The first-order valence-electron chi connectivity index (χ1n) is 9.70. The standard InChI is InChI=1S/C20H27F2N5OS/c1-23-19(26(2)13-15-5-7-17(8-6-15)28-18(21)22)24-10-9-16-14-29-20(25-16)27-11-3-4-12-27/h5-8,14,18H,3-4,9-13H2,1-2H3,(H,23,24). The maximum absolute atomic E-state index is 12.2. The van der Waals surface area contributed by atoms with E-state index < -0.39 is 6.61 Å². The molecule has 158 valence electrons. The van der Waals surface area contributed by atoms with Crippen LogP contribution in [-0.4, -0.2) is 56.2 Å². The van der Waals surface area contributed by atoms with Gasteiger partial charge in [0, 0.05) is 52.1 Å². The maximum atomic E-state index is 12.2. The van der Waals surface area contributed by atoms with Crippen molar-refractivity contribution in [2.45, 2.75) is 32.4 Å². The predicted molar refractivity (Wildman–Crippen MR) is 113 cm³/mol. The lowest BCUT2D eigenvalue weighted by atomic mass is 10.2. The van der Waals surface area contributed by atoms with Gasteiger partial charge < -0.3 is 19.9 Å². The third-order valence-corrected chi connectivity index (χ3v) is 5.67. The van der Waals surface area contributed by atoms with Crippen LogP contribution in [0.15, 0.2) is 34.6 Å². The molecule has 0 atom stereocenters. The minimum absolute atomic E-state index is 0.158. The van der Waals surface area contributed by atoms with Crippen LogP contribution in [0.5, 0.6) is 5.75 Å². The summed E-state index contributed by atoms with van der Waals surface area (Å²) in [5.41, 5.74) is 2.07. The molecule has 0 spiro atoms. The van der Waals surface area contributed by atoms with E-state index in [4.69, 9.17) is 4.98 Å². The number of ether oxygens (including phenoxy) is 1. The fourth-order valence-corrected chi connectivity index (χ4v) is 4.19. The Hall–Kier alpha value is -2.42. The minimum atomic E-state index is -2.81. The summed E-state index contributed by atoms with van der Waals surface area (Å²) in [7, 11) is 3.68. The summed E-state index contributed by atoms with van der Waals surface area (Å²) in [5.74, 6) is 0.929. The molecule has 2 aromatic rings. The molecule has 0 saturated carbocycles. The predicted octanol–water partition coefficient (Wildman–Crippen LogP) is 3.59. The number of nitrogens with zero attached hydrogens (tertiary/aromatic N) is 4. The second-order valence-electron chi connectivity index (χ2n) is 6.92. The van der Waals surface area contributed by atoms with Crippen molar-refractivity contribution >= 4 is 22.4 Å². The smallest absolute Gasteiger partial charge is 0.387 e. The van der Waals surface area contributed by atoms with Crippen molar-refractivity contribution in [1.82, 2.24) is 15.2 Å². The zero-order valence-electron chi connectivity index (χ0n) is 16.8. The Labute approximate surface area is 174 Å². The van der Waals surface area contributed by atoms with Crippen molar-refractivity contribution < 1.29 is 13.5 Å². The molecule has 1 N–H and O–H groups in total. The van der Waals surface area contributed by atoms with Gasteiger partial charge in [-0.2, -0.15) is 8.78 Å². The first-order chi connectivity index (χ1) is 14.0. The molecule has 1 saturated heterocycles. The van der Waals surface area contributed by atoms with Crippen LogP contribution in [0.25, 0.3) is 0 Å². The Morgan fingerprint density at radius 2 is 2.03 bits per heavy atom. The molecule has 2 heterocycles. The molecule has 0 amide bonds. The van der Waals surface area contributed by atoms with E-state index in [2.05, 4.69) is 25.3 Å². The van der Waals surface area contributed by atoms with Crippen LogP contribution in [0.2, 0.25) is 0 Å². The summed E-state index contributed by atoms with van der Waals surface area (Å²) in [6.07, 6.45) is 3.33. The lowest BCUT2D eigenvalue weighted by Gasteiger charge is -2.22. The molecule has 1 fully saturated rings. The van der Waals surface area contributed by atoms with Crippen molar-refractivity contribution in [3.05, 3.63) is 40.9 Å². The van der Waals surface area contributed by atoms with Gasteiger partial charge in [-0.05, 0) is 30.5 Å². The molecule has 6 nitrogen and oxygen atoms in total. The van der Waals surface area contributed by atoms with Crippen LogP contribution < -0.4 is 15.0 Å². The van der Waals surface area contributed by atoms with Crippen LogP contribution >= 0.6 is 11.3 Å².